The molecule has 0 saturated heterocycles. The predicted molar refractivity (Wildman–Crippen MR) is 60.6 cm³/mol. The normalized spacial score (nSPS) is 9.94. The maximum atomic E-state index is 11.5. The fraction of sp³-hybridized carbons (Fsp3) is 0.300. The van der Waals surface area contributed by atoms with Gasteiger partial charge in [-0.05, 0) is 13.8 Å². The first kappa shape index (κ1) is 13.6. The van der Waals surface area contributed by atoms with E-state index in [-0.39, 0.29) is 16.7 Å². The minimum atomic E-state index is -0.836. The van der Waals surface area contributed by atoms with Crippen LogP contribution in [0.2, 0.25) is 0 Å². The van der Waals surface area contributed by atoms with Gasteiger partial charge in [-0.3, -0.25) is 20.2 Å². The molecule has 0 atom stereocenters. The van der Waals surface area contributed by atoms with E-state index in [1.165, 1.54) is 13.8 Å². The highest BCUT2D eigenvalue weighted by molar-refractivity contribution is 5.95. The molecule has 96 valence electrons. The Morgan fingerprint density at radius 2 is 1.50 bits per heavy atom. The van der Waals surface area contributed by atoms with Crippen molar-refractivity contribution in [1.82, 2.24) is 0 Å². The molecule has 8 nitrogen and oxygen atoms in total. The molecule has 0 N–H and O–H groups in total. The number of carbonyl (C=O) groups is 1. The number of hydrogen-bond acceptors (Lipinski definition) is 6. The quantitative estimate of drug-likeness (QED) is 0.462. The van der Waals surface area contributed by atoms with E-state index in [1.54, 1.807) is 0 Å². The van der Waals surface area contributed by atoms with Gasteiger partial charge in [0.05, 0.1) is 28.6 Å². The maximum absolute atomic E-state index is 11.5. The Morgan fingerprint density at radius 3 is 1.78 bits per heavy atom. The summed E-state index contributed by atoms with van der Waals surface area (Å²) in [6, 6.07) is 0.844. The van der Waals surface area contributed by atoms with Crippen LogP contribution in [0, 0.1) is 34.1 Å². The highest BCUT2D eigenvalue weighted by Gasteiger charge is 2.29. The molecule has 18 heavy (non-hydrogen) atoms. The fourth-order valence-corrected chi connectivity index (χ4v) is 1.67. The SMILES string of the molecule is COC(=O)c1c(C)c([N+](=O)[O-])cc([N+](=O)[O-])c1C. The summed E-state index contributed by atoms with van der Waals surface area (Å²) in [6.07, 6.45) is 0. The van der Waals surface area contributed by atoms with Gasteiger partial charge < -0.3 is 4.74 Å². The van der Waals surface area contributed by atoms with Gasteiger partial charge in [-0.15, -0.1) is 0 Å². The highest BCUT2D eigenvalue weighted by atomic mass is 16.6. The van der Waals surface area contributed by atoms with E-state index in [0.717, 1.165) is 13.2 Å². The predicted octanol–water partition coefficient (Wildman–Crippen LogP) is 1.91. The van der Waals surface area contributed by atoms with Gasteiger partial charge in [0.25, 0.3) is 11.4 Å². The number of carbonyl (C=O) groups excluding carboxylic acids is 1. The van der Waals surface area contributed by atoms with Crippen LogP contribution in [0.15, 0.2) is 6.07 Å². The number of esters is 1. The summed E-state index contributed by atoms with van der Waals surface area (Å²) >= 11 is 0. The minimum absolute atomic E-state index is 0.0509. The van der Waals surface area contributed by atoms with Crippen molar-refractivity contribution in [1.29, 1.82) is 0 Å². The Kier molecular flexibility index (Phi) is 3.60. The van der Waals surface area contributed by atoms with Gasteiger partial charge in [-0.1, -0.05) is 0 Å². The maximum Gasteiger partial charge on any atom is 0.338 e. The standard InChI is InChI=1S/C10H10N2O6/c1-5-7(11(14)15)4-8(12(16)17)6(2)9(5)10(13)18-3/h4H,1-3H3. The van der Waals surface area contributed by atoms with Gasteiger partial charge in [0.1, 0.15) is 0 Å². The van der Waals surface area contributed by atoms with Crippen LogP contribution in [0.1, 0.15) is 21.5 Å². The largest absolute Gasteiger partial charge is 0.465 e. The minimum Gasteiger partial charge on any atom is -0.465 e. The summed E-state index contributed by atoms with van der Waals surface area (Å²) in [6.45, 7) is 2.70. The van der Waals surface area contributed by atoms with Crippen molar-refractivity contribution in [2.45, 2.75) is 13.8 Å². The fourth-order valence-electron chi connectivity index (χ4n) is 1.67. The highest BCUT2D eigenvalue weighted by Crippen LogP contribution is 2.32. The van der Waals surface area contributed by atoms with Gasteiger partial charge in [0.2, 0.25) is 0 Å². The second kappa shape index (κ2) is 4.78. The first-order chi connectivity index (χ1) is 8.31. The summed E-state index contributed by atoms with van der Waals surface area (Å²) < 4.78 is 4.48. The molecule has 0 heterocycles. The van der Waals surface area contributed by atoms with Crippen molar-refractivity contribution >= 4 is 17.3 Å². The molecule has 0 fully saturated rings. The number of rotatable bonds is 3. The molecule has 0 radical (unpaired) electrons. The number of methoxy groups -OCH3 is 1. The molecule has 1 aromatic carbocycles. The number of ether oxygens (including phenoxy) is 1. The van der Waals surface area contributed by atoms with Crippen LogP contribution in [0.3, 0.4) is 0 Å². The van der Waals surface area contributed by atoms with E-state index in [9.17, 15) is 25.0 Å². The summed E-state index contributed by atoms with van der Waals surface area (Å²) in [5.74, 6) is -0.836. The summed E-state index contributed by atoms with van der Waals surface area (Å²) in [5, 5.41) is 21.6. The van der Waals surface area contributed by atoms with E-state index in [4.69, 9.17) is 0 Å². The van der Waals surface area contributed by atoms with Crippen LogP contribution < -0.4 is 0 Å². The second-order valence-corrected chi connectivity index (χ2v) is 3.55. The Morgan fingerprint density at radius 1 is 1.11 bits per heavy atom. The number of hydrogen-bond donors (Lipinski definition) is 0. The van der Waals surface area contributed by atoms with Crippen LogP contribution in [0.25, 0.3) is 0 Å². The molecule has 1 aromatic rings. The van der Waals surface area contributed by atoms with E-state index in [1.807, 2.05) is 0 Å². The van der Waals surface area contributed by atoms with Crippen molar-refractivity contribution in [2.75, 3.05) is 7.11 Å². The third-order valence-corrected chi connectivity index (χ3v) is 2.57. The average Bonchev–Trinajstić information content (AvgIpc) is 2.27. The topological polar surface area (TPSA) is 113 Å². The number of nitrogens with zero attached hydrogens (tertiary/aromatic N) is 2. The molecule has 1 rings (SSSR count). The van der Waals surface area contributed by atoms with Gasteiger partial charge in [-0.25, -0.2) is 4.79 Å². The summed E-state index contributed by atoms with van der Waals surface area (Å²) in [7, 11) is 1.10. The monoisotopic (exact) mass is 254 g/mol. The van der Waals surface area contributed by atoms with Crippen LogP contribution in [-0.2, 0) is 4.74 Å². The lowest BCUT2D eigenvalue weighted by molar-refractivity contribution is -0.394. The van der Waals surface area contributed by atoms with E-state index in [2.05, 4.69) is 4.74 Å². The smallest absolute Gasteiger partial charge is 0.338 e. The Bertz CT molecular complexity index is 514. The second-order valence-electron chi connectivity index (χ2n) is 3.55. The van der Waals surface area contributed by atoms with Crippen molar-refractivity contribution in [3.05, 3.63) is 43.0 Å². The molecule has 0 bridgehead atoms. The summed E-state index contributed by atoms with van der Waals surface area (Å²) in [5.41, 5.74) is -0.997. The van der Waals surface area contributed by atoms with E-state index < -0.39 is 27.2 Å². The van der Waals surface area contributed by atoms with Crippen LogP contribution in [0.4, 0.5) is 11.4 Å². The number of nitro benzene ring substituents is 2. The lowest BCUT2D eigenvalue weighted by Crippen LogP contribution is -2.10. The number of nitro groups is 2. The van der Waals surface area contributed by atoms with Crippen LogP contribution >= 0.6 is 0 Å². The zero-order valence-electron chi connectivity index (χ0n) is 9.92. The van der Waals surface area contributed by atoms with Crippen LogP contribution in [-0.4, -0.2) is 22.9 Å². The van der Waals surface area contributed by atoms with E-state index in [0.29, 0.717) is 0 Å². The Labute approximate surface area is 101 Å². The van der Waals surface area contributed by atoms with Gasteiger partial charge in [0.15, 0.2) is 0 Å². The Hall–Kier alpha value is -2.51. The molecule has 0 unspecified atom stereocenters. The van der Waals surface area contributed by atoms with Crippen molar-refractivity contribution in [2.24, 2.45) is 0 Å². The van der Waals surface area contributed by atoms with Crippen molar-refractivity contribution < 1.29 is 19.4 Å². The van der Waals surface area contributed by atoms with Crippen LogP contribution in [0.5, 0.6) is 0 Å². The number of benzene rings is 1. The molecule has 0 aliphatic rings. The third-order valence-electron chi connectivity index (χ3n) is 2.57. The molecule has 0 saturated carbocycles. The molecule has 0 spiro atoms. The van der Waals surface area contributed by atoms with Gasteiger partial charge in [-0.2, -0.15) is 0 Å². The van der Waals surface area contributed by atoms with Crippen molar-refractivity contribution in [3.8, 4) is 0 Å². The first-order valence-electron chi connectivity index (χ1n) is 4.82. The van der Waals surface area contributed by atoms with Gasteiger partial charge in [0, 0.05) is 11.1 Å². The Balaban J connectivity index is 3.73. The van der Waals surface area contributed by atoms with E-state index >= 15 is 0 Å². The molecular weight excluding hydrogens is 244 g/mol. The molecule has 8 heteroatoms. The van der Waals surface area contributed by atoms with Gasteiger partial charge >= 0.3 is 5.97 Å². The lowest BCUT2D eigenvalue weighted by Gasteiger charge is -2.08. The van der Waals surface area contributed by atoms with Crippen molar-refractivity contribution in [3.63, 3.8) is 0 Å². The lowest BCUT2D eigenvalue weighted by atomic mass is 9.99. The average molecular weight is 254 g/mol. The summed E-state index contributed by atoms with van der Waals surface area (Å²) in [4.78, 5) is 31.6. The third kappa shape index (κ3) is 2.12. The zero-order valence-corrected chi connectivity index (χ0v) is 9.92. The first-order valence-corrected chi connectivity index (χ1v) is 4.82. The molecule has 0 aromatic heterocycles. The molecular formula is C10H10N2O6. The molecule has 0 aliphatic heterocycles. The molecule has 0 aliphatic carbocycles. The zero-order chi connectivity index (χ0) is 14.0. The molecule has 0 amide bonds.